The van der Waals surface area contributed by atoms with Crippen LogP contribution in [0.2, 0.25) is 0 Å². The molecule has 24 heavy (non-hydrogen) atoms. The summed E-state index contributed by atoms with van der Waals surface area (Å²) in [6.07, 6.45) is 10.2. The summed E-state index contributed by atoms with van der Waals surface area (Å²) in [6.45, 7) is 0.643. The van der Waals surface area contributed by atoms with Gasteiger partial charge in [-0.2, -0.15) is 5.10 Å². The van der Waals surface area contributed by atoms with Crippen LogP contribution in [-0.4, -0.2) is 24.7 Å². The smallest absolute Gasteiger partial charge is 0.223 e. The number of para-hydroxylation sites is 1. The van der Waals surface area contributed by atoms with Gasteiger partial charge in [-0.15, -0.1) is 0 Å². The van der Waals surface area contributed by atoms with Crippen LogP contribution in [0.3, 0.4) is 0 Å². The molecule has 1 aliphatic rings. The van der Waals surface area contributed by atoms with E-state index in [0.29, 0.717) is 18.4 Å². The average molecular weight is 320 g/mol. The van der Waals surface area contributed by atoms with Crippen LogP contribution in [0.1, 0.15) is 42.9 Å². The molecule has 0 amide bonds. The molecule has 1 aromatic carbocycles. The summed E-state index contributed by atoms with van der Waals surface area (Å²) in [5.41, 5.74) is 3.29. The van der Waals surface area contributed by atoms with Gasteiger partial charge in [0.05, 0.1) is 5.69 Å². The monoisotopic (exact) mass is 320 g/mol. The summed E-state index contributed by atoms with van der Waals surface area (Å²) >= 11 is 0. The lowest BCUT2D eigenvalue weighted by atomic mass is 10.0. The van der Waals surface area contributed by atoms with E-state index in [1.165, 1.54) is 25.7 Å². The number of aromatic nitrogens is 5. The maximum Gasteiger partial charge on any atom is 0.223 e. The lowest BCUT2D eigenvalue weighted by molar-refractivity contribution is 0.694. The molecule has 0 bridgehead atoms. The van der Waals surface area contributed by atoms with E-state index < -0.39 is 0 Å². The summed E-state index contributed by atoms with van der Waals surface area (Å²) in [4.78, 5) is 13.1. The molecule has 6 heteroatoms. The Morgan fingerprint density at radius 2 is 2.00 bits per heavy atom. The Labute approximate surface area is 141 Å². The topological polar surface area (TPSA) is 68.5 Å². The van der Waals surface area contributed by atoms with Crippen molar-refractivity contribution in [1.82, 2.24) is 24.7 Å². The molecule has 0 radical (unpaired) electrons. The highest BCUT2D eigenvalue weighted by atomic mass is 15.3. The quantitative estimate of drug-likeness (QED) is 0.781. The van der Waals surface area contributed by atoms with Gasteiger partial charge in [-0.3, -0.25) is 0 Å². The average Bonchev–Trinajstić information content (AvgIpc) is 3.34. The number of anilines is 1. The van der Waals surface area contributed by atoms with Crippen LogP contribution < -0.4 is 5.32 Å². The van der Waals surface area contributed by atoms with Crippen molar-refractivity contribution in [2.45, 2.75) is 38.1 Å². The van der Waals surface area contributed by atoms with E-state index in [2.05, 4.69) is 26.4 Å². The minimum atomic E-state index is 0.594. The van der Waals surface area contributed by atoms with E-state index in [9.17, 15) is 0 Å². The van der Waals surface area contributed by atoms with Crippen LogP contribution in [0.15, 0.2) is 49.2 Å². The summed E-state index contributed by atoms with van der Waals surface area (Å²) in [5, 5.41) is 7.56. The zero-order valence-electron chi connectivity index (χ0n) is 13.5. The van der Waals surface area contributed by atoms with Gasteiger partial charge in [-0.05, 0) is 30.5 Å². The van der Waals surface area contributed by atoms with Gasteiger partial charge >= 0.3 is 0 Å². The van der Waals surface area contributed by atoms with Crippen molar-refractivity contribution in [1.29, 1.82) is 0 Å². The molecular weight excluding hydrogens is 300 g/mol. The molecular formula is C18H20N6. The number of nitrogens with one attached hydrogen (secondary N) is 1. The maximum absolute atomic E-state index is 4.71. The van der Waals surface area contributed by atoms with Crippen molar-refractivity contribution in [3.8, 4) is 5.69 Å². The van der Waals surface area contributed by atoms with Gasteiger partial charge in [0, 0.05) is 24.4 Å². The Morgan fingerprint density at radius 3 is 2.83 bits per heavy atom. The summed E-state index contributed by atoms with van der Waals surface area (Å²) < 4.78 is 1.77. The molecule has 0 unspecified atom stereocenters. The molecule has 1 N–H and O–H groups in total. The van der Waals surface area contributed by atoms with Gasteiger partial charge in [0.25, 0.3) is 0 Å². The van der Waals surface area contributed by atoms with Crippen LogP contribution in [-0.2, 0) is 6.54 Å². The molecule has 0 aliphatic heterocycles. The number of rotatable bonds is 5. The fourth-order valence-corrected chi connectivity index (χ4v) is 3.30. The molecule has 122 valence electrons. The van der Waals surface area contributed by atoms with Crippen molar-refractivity contribution < 1.29 is 0 Å². The number of benzene rings is 1. The molecule has 2 aromatic heterocycles. The molecule has 1 fully saturated rings. The van der Waals surface area contributed by atoms with Crippen molar-refractivity contribution in [2.24, 2.45) is 0 Å². The second-order valence-corrected chi connectivity index (χ2v) is 6.11. The molecule has 2 heterocycles. The highest BCUT2D eigenvalue weighted by Crippen LogP contribution is 2.33. The Hall–Kier alpha value is -2.76. The Morgan fingerprint density at radius 1 is 1.12 bits per heavy atom. The predicted octanol–water partition coefficient (Wildman–Crippen LogP) is 3.33. The van der Waals surface area contributed by atoms with Gasteiger partial charge in [0.2, 0.25) is 5.95 Å². The van der Waals surface area contributed by atoms with Gasteiger partial charge in [0.15, 0.2) is 0 Å². The van der Waals surface area contributed by atoms with E-state index in [-0.39, 0.29) is 0 Å². The van der Waals surface area contributed by atoms with Crippen LogP contribution in [0, 0.1) is 0 Å². The van der Waals surface area contributed by atoms with Crippen LogP contribution in [0.5, 0.6) is 0 Å². The van der Waals surface area contributed by atoms with Crippen LogP contribution >= 0.6 is 0 Å². The van der Waals surface area contributed by atoms with Crippen molar-refractivity contribution in [2.75, 3.05) is 5.32 Å². The van der Waals surface area contributed by atoms with E-state index in [1.54, 1.807) is 17.3 Å². The predicted molar refractivity (Wildman–Crippen MR) is 91.9 cm³/mol. The number of hydrogen-bond donors (Lipinski definition) is 1. The van der Waals surface area contributed by atoms with Crippen LogP contribution in [0.25, 0.3) is 5.69 Å². The zero-order chi connectivity index (χ0) is 16.2. The lowest BCUT2D eigenvalue weighted by Crippen LogP contribution is -2.09. The fraction of sp³-hybridized carbons (Fsp3) is 0.333. The largest absolute Gasteiger partial charge is 0.350 e. The van der Waals surface area contributed by atoms with Crippen LogP contribution in [0.4, 0.5) is 5.95 Å². The van der Waals surface area contributed by atoms with Gasteiger partial charge < -0.3 is 5.32 Å². The minimum Gasteiger partial charge on any atom is -0.350 e. The van der Waals surface area contributed by atoms with E-state index in [4.69, 9.17) is 4.98 Å². The molecule has 3 aromatic rings. The molecule has 6 nitrogen and oxygen atoms in total. The summed E-state index contributed by atoms with van der Waals surface area (Å²) in [6, 6.07) is 10.2. The number of nitrogens with zero attached hydrogens (tertiary/aromatic N) is 5. The van der Waals surface area contributed by atoms with Crippen molar-refractivity contribution in [3.05, 3.63) is 60.4 Å². The SMILES string of the molecule is c1ccc(-n2cncn2)c(CNc2nccc(C3CCCC3)n2)c1. The lowest BCUT2D eigenvalue weighted by Gasteiger charge is -2.12. The normalized spacial score (nSPS) is 14.8. The third-order valence-electron chi connectivity index (χ3n) is 4.54. The third-order valence-corrected chi connectivity index (χ3v) is 4.54. The first kappa shape index (κ1) is 14.8. The molecule has 1 saturated carbocycles. The zero-order valence-corrected chi connectivity index (χ0v) is 13.5. The molecule has 1 aliphatic carbocycles. The van der Waals surface area contributed by atoms with E-state index >= 15 is 0 Å². The first-order chi connectivity index (χ1) is 11.9. The molecule has 0 atom stereocenters. The fourth-order valence-electron chi connectivity index (χ4n) is 3.30. The van der Waals surface area contributed by atoms with Crippen molar-refractivity contribution in [3.63, 3.8) is 0 Å². The van der Waals surface area contributed by atoms with Gasteiger partial charge in [-0.25, -0.2) is 19.6 Å². The summed E-state index contributed by atoms with van der Waals surface area (Å²) in [5.74, 6) is 1.28. The second kappa shape index (κ2) is 6.78. The molecule has 0 spiro atoms. The Kier molecular flexibility index (Phi) is 4.18. The van der Waals surface area contributed by atoms with Crippen molar-refractivity contribution >= 4 is 5.95 Å². The first-order valence-electron chi connectivity index (χ1n) is 8.40. The minimum absolute atomic E-state index is 0.594. The number of hydrogen-bond acceptors (Lipinski definition) is 5. The highest BCUT2D eigenvalue weighted by molar-refractivity contribution is 5.42. The Balaban J connectivity index is 1.51. The van der Waals surface area contributed by atoms with Gasteiger partial charge in [-0.1, -0.05) is 31.0 Å². The van der Waals surface area contributed by atoms with E-state index in [0.717, 1.165) is 16.9 Å². The maximum atomic E-state index is 4.71. The van der Waals surface area contributed by atoms with E-state index in [1.807, 2.05) is 30.5 Å². The first-order valence-corrected chi connectivity index (χ1v) is 8.40. The van der Waals surface area contributed by atoms with Gasteiger partial charge in [0.1, 0.15) is 12.7 Å². The summed E-state index contributed by atoms with van der Waals surface area (Å²) in [7, 11) is 0. The highest BCUT2D eigenvalue weighted by Gasteiger charge is 2.18. The molecule has 0 saturated heterocycles. The second-order valence-electron chi connectivity index (χ2n) is 6.11. The Bertz CT molecular complexity index is 793. The molecule has 4 rings (SSSR count). The standard InChI is InChI=1S/C18H20N6/c1-2-6-14(5-1)16-9-10-20-18(23-16)21-11-15-7-3-4-8-17(15)24-13-19-12-22-24/h3-4,7-10,12-14H,1-2,5-6,11H2,(H,20,21,23). The third kappa shape index (κ3) is 3.13.